The van der Waals surface area contributed by atoms with Gasteiger partial charge in [0.15, 0.2) is 10.8 Å². The number of carbonyl (C=O) groups is 1. The summed E-state index contributed by atoms with van der Waals surface area (Å²) in [7, 11) is 0. The number of pyridine rings is 1. The van der Waals surface area contributed by atoms with E-state index in [9.17, 15) is 14.4 Å². The number of nitrogens with one attached hydrogen (secondary N) is 1. The van der Waals surface area contributed by atoms with E-state index < -0.39 is 11.2 Å². The molecule has 2 aliphatic rings. The molecule has 1 N–H and O–H groups in total. The number of anilines is 1. The number of rotatable bonds is 4. The van der Waals surface area contributed by atoms with E-state index in [0.29, 0.717) is 43.3 Å². The molecule has 168 valence electrons. The molecule has 1 saturated carbocycles. The Labute approximate surface area is 188 Å². The minimum atomic E-state index is -0.553. The molecule has 0 radical (unpaired) electrons. The number of hydrogen-bond acceptors (Lipinski definition) is 7. The maximum Gasteiger partial charge on any atom is 0.329 e. The Balaban J connectivity index is 1.53. The summed E-state index contributed by atoms with van der Waals surface area (Å²) in [5, 5.41) is 3.22. The Kier molecular flexibility index (Phi) is 5.32. The maximum absolute atomic E-state index is 13.7. The summed E-state index contributed by atoms with van der Waals surface area (Å²) >= 11 is 1.62. The number of aryl methyl sites for hydroxylation is 2. The molecular formula is C22H26N6O3S. The molecule has 0 unspecified atom stereocenters. The Morgan fingerprint density at radius 1 is 1.19 bits per heavy atom. The van der Waals surface area contributed by atoms with Crippen LogP contribution in [0.2, 0.25) is 0 Å². The van der Waals surface area contributed by atoms with E-state index >= 15 is 0 Å². The lowest BCUT2D eigenvalue weighted by molar-refractivity contribution is 0.0768. The van der Waals surface area contributed by atoms with Crippen LogP contribution in [0, 0.1) is 6.92 Å². The monoisotopic (exact) mass is 454 g/mol. The lowest BCUT2D eigenvalue weighted by atomic mass is 10.1. The van der Waals surface area contributed by atoms with Gasteiger partial charge in [0.05, 0.1) is 16.6 Å². The first-order chi connectivity index (χ1) is 15.5. The van der Waals surface area contributed by atoms with Gasteiger partial charge in [-0.15, -0.1) is 11.3 Å². The first-order valence-corrected chi connectivity index (χ1v) is 12.0. The van der Waals surface area contributed by atoms with Crippen LogP contribution < -0.4 is 16.1 Å². The molecule has 5 rings (SSSR count). The lowest BCUT2D eigenvalue weighted by Crippen LogP contribution is -2.37. The SMILES string of the molecule is CCn1c(=O)[nH]c(=O)c2c(C(=O)N3CCCN(c4nc(C)cs4)CC3)cc(C3CC3)nc21. The van der Waals surface area contributed by atoms with Gasteiger partial charge in [0.1, 0.15) is 0 Å². The fraction of sp³-hybridized carbons (Fsp3) is 0.500. The predicted octanol–water partition coefficient (Wildman–Crippen LogP) is 2.10. The highest BCUT2D eigenvalue weighted by atomic mass is 32.1. The topological polar surface area (TPSA) is 104 Å². The number of nitrogens with zero attached hydrogens (tertiary/aromatic N) is 5. The summed E-state index contributed by atoms with van der Waals surface area (Å²) in [5.74, 6) is 0.113. The maximum atomic E-state index is 13.7. The molecule has 32 heavy (non-hydrogen) atoms. The van der Waals surface area contributed by atoms with Crippen molar-refractivity contribution in [3.8, 4) is 0 Å². The Morgan fingerprint density at radius 2 is 2.00 bits per heavy atom. The summed E-state index contributed by atoms with van der Waals surface area (Å²) < 4.78 is 1.44. The Bertz CT molecular complexity index is 1310. The lowest BCUT2D eigenvalue weighted by Gasteiger charge is -2.22. The van der Waals surface area contributed by atoms with E-state index in [1.54, 1.807) is 17.4 Å². The van der Waals surface area contributed by atoms with Crippen molar-refractivity contribution >= 4 is 33.4 Å². The van der Waals surface area contributed by atoms with Crippen molar-refractivity contribution in [3.05, 3.63) is 49.2 Å². The van der Waals surface area contributed by atoms with Gasteiger partial charge >= 0.3 is 5.69 Å². The molecule has 3 aromatic rings. The quantitative estimate of drug-likeness (QED) is 0.647. The molecule has 3 aromatic heterocycles. The normalized spacial score (nSPS) is 17.1. The van der Waals surface area contributed by atoms with Crippen molar-refractivity contribution in [3.63, 3.8) is 0 Å². The second-order valence-electron chi connectivity index (χ2n) is 8.48. The summed E-state index contributed by atoms with van der Waals surface area (Å²) in [6, 6.07) is 1.77. The zero-order chi connectivity index (χ0) is 22.4. The van der Waals surface area contributed by atoms with Crippen molar-refractivity contribution in [2.75, 3.05) is 31.1 Å². The Hall–Kier alpha value is -3.01. The fourth-order valence-electron chi connectivity index (χ4n) is 4.31. The average molecular weight is 455 g/mol. The van der Waals surface area contributed by atoms with Crippen molar-refractivity contribution in [2.24, 2.45) is 0 Å². The first kappa shape index (κ1) is 20.9. The van der Waals surface area contributed by atoms with Crippen molar-refractivity contribution < 1.29 is 4.79 Å². The van der Waals surface area contributed by atoms with E-state index in [-0.39, 0.29) is 11.3 Å². The number of aromatic amines is 1. The molecule has 0 spiro atoms. The van der Waals surface area contributed by atoms with Crippen LogP contribution in [-0.4, -0.2) is 56.5 Å². The summed E-state index contributed by atoms with van der Waals surface area (Å²) in [4.78, 5) is 54.4. The van der Waals surface area contributed by atoms with E-state index in [0.717, 1.165) is 42.3 Å². The molecule has 1 amide bonds. The van der Waals surface area contributed by atoms with E-state index in [1.807, 2.05) is 24.1 Å². The van der Waals surface area contributed by atoms with Crippen LogP contribution in [0.1, 0.15) is 53.8 Å². The van der Waals surface area contributed by atoms with Gasteiger partial charge < -0.3 is 9.80 Å². The second-order valence-corrected chi connectivity index (χ2v) is 9.31. The third-order valence-electron chi connectivity index (χ3n) is 6.17. The molecule has 0 aromatic carbocycles. The third-order valence-corrected chi connectivity index (χ3v) is 7.19. The fourth-order valence-corrected chi connectivity index (χ4v) is 5.17. The smallest absolute Gasteiger partial charge is 0.329 e. The molecule has 9 nitrogen and oxygen atoms in total. The van der Waals surface area contributed by atoms with Crippen LogP contribution in [0.3, 0.4) is 0 Å². The van der Waals surface area contributed by atoms with Crippen LogP contribution in [0.5, 0.6) is 0 Å². The van der Waals surface area contributed by atoms with Gasteiger partial charge in [0.2, 0.25) is 0 Å². The largest absolute Gasteiger partial charge is 0.346 e. The standard InChI is InChI=1S/C22H26N6O3S/c1-3-28-18-17(19(29)25-21(28)31)15(11-16(24-18)14-5-6-14)20(30)26-7-4-8-27(10-9-26)22-23-13(2)12-32-22/h11-12,14H,3-10H2,1-2H3,(H,25,29,31). The van der Waals surface area contributed by atoms with Gasteiger partial charge in [0.25, 0.3) is 11.5 Å². The van der Waals surface area contributed by atoms with Crippen molar-refractivity contribution in [1.82, 2.24) is 24.4 Å². The van der Waals surface area contributed by atoms with Crippen molar-refractivity contribution in [2.45, 2.75) is 45.6 Å². The summed E-state index contributed by atoms with van der Waals surface area (Å²) in [6.45, 7) is 6.85. The van der Waals surface area contributed by atoms with Gasteiger partial charge in [-0.3, -0.25) is 19.1 Å². The second kappa shape index (κ2) is 8.16. The van der Waals surface area contributed by atoms with E-state index in [1.165, 1.54) is 4.57 Å². The highest BCUT2D eigenvalue weighted by Gasteiger charge is 2.30. The number of fused-ring (bicyclic) bond motifs is 1. The first-order valence-electron chi connectivity index (χ1n) is 11.1. The summed E-state index contributed by atoms with van der Waals surface area (Å²) in [5.41, 5.74) is 1.40. The molecule has 2 fully saturated rings. The molecule has 1 saturated heterocycles. The van der Waals surface area contributed by atoms with Gasteiger partial charge in [0, 0.05) is 49.7 Å². The number of thiazole rings is 1. The number of hydrogen-bond donors (Lipinski definition) is 1. The molecule has 0 bridgehead atoms. The summed E-state index contributed by atoms with van der Waals surface area (Å²) in [6.07, 6.45) is 2.84. The Morgan fingerprint density at radius 3 is 2.69 bits per heavy atom. The molecule has 1 aliphatic carbocycles. The minimum absolute atomic E-state index is 0.178. The zero-order valence-corrected chi connectivity index (χ0v) is 19.1. The zero-order valence-electron chi connectivity index (χ0n) is 18.3. The van der Waals surface area contributed by atoms with E-state index in [4.69, 9.17) is 0 Å². The number of carbonyl (C=O) groups excluding carboxylic acids is 1. The minimum Gasteiger partial charge on any atom is -0.346 e. The highest BCUT2D eigenvalue weighted by molar-refractivity contribution is 7.13. The van der Waals surface area contributed by atoms with Gasteiger partial charge in [-0.1, -0.05) is 0 Å². The van der Waals surface area contributed by atoms with E-state index in [2.05, 4.69) is 19.9 Å². The van der Waals surface area contributed by atoms with Crippen LogP contribution in [0.15, 0.2) is 21.0 Å². The van der Waals surface area contributed by atoms with Gasteiger partial charge in [-0.05, 0) is 39.2 Å². The van der Waals surface area contributed by atoms with Gasteiger partial charge in [-0.2, -0.15) is 0 Å². The van der Waals surface area contributed by atoms with Crippen LogP contribution in [0.4, 0.5) is 5.13 Å². The molecule has 10 heteroatoms. The van der Waals surface area contributed by atoms with Crippen LogP contribution in [-0.2, 0) is 6.54 Å². The number of amides is 1. The van der Waals surface area contributed by atoms with Crippen LogP contribution >= 0.6 is 11.3 Å². The van der Waals surface area contributed by atoms with Crippen LogP contribution in [0.25, 0.3) is 11.0 Å². The third kappa shape index (κ3) is 3.72. The number of aromatic nitrogens is 4. The average Bonchev–Trinajstić information content (AvgIpc) is 3.57. The number of H-pyrrole nitrogens is 1. The van der Waals surface area contributed by atoms with Crippen molar-refractivity contribution in [1.29, 1.82) is 0 Å². The highest BCUT2D eigenvalue weighted by Crippen LogP contribution is 2.40. The predicted molar refractivity (Wildman–Crippen MR) is 124 cm³/mol. The molecule has 1 aliphatic heterocycles. The molecule has 0 atom stereocenters. The molecule has 4 heterocycles. The molecular weight excluding hydrogens is 428 g/mol. The van der Waals surface area contributed by atoms with Gasteiger partial charge in [-0.25, -0.2) is 14.8 Å².